The molecule has 0 unspecified atom stereocenters. The Morgan fingerprint density at radius 3 is 2.84 bits per heavy atom. The van der Waals surface area contributed by atoms with E-state index in [1.807, 2.05) is 16.8 Å². The molecule has 0 amide bonds. The molecule has 2 aromatic rings. The van der Waals surface area contributed by atoms with E-state index in [0.29, 0.717) is 6.73 Å². The van der Waals surface area contributed by atoms with Crippen LogP contribution in [0.5, 0.6) is 0 Å². The summed E-state index contributed by atoms with van der Waals surface area (Å²) in [6.45, 7) is 8.41. The van der Waals surface area contributed by atoms with Crippen LogP contribution in [0.1, 0.15) is 0 Å². The highest BCUT2D eigenvalue weighted by molar-refractivity contribution is 14.1. The molecule has 0 fully saturated rings. The normalized spacial score (nSPS) is 12.3. The number of halogens is 2. The van der Waals surface area contributed by atoms with Crippen LogP contribution in [-0.2, 0) is 11.5 Å². The molecular weight excluding hydrogens is 391 g/mol. The third-order valence-corrected chi connectivity index (χ3v) is 6.16. The van der Waals surface area contributed by atoms with E-state index >= 15 is 0 Å². The molecule has 0 aromatic carbocycles. The quantitative estimate of drug-likeness (QED) is 0.410. The van der Waals surface area contributed by atoms with Crippen LogP contribution in [0.25, 0.3) is 11.0 Å². The lowest BCUT2D eigenvalue weighted by molar-refractivity contribution is 0.0899. The molecule has 2 rings (SSSR count). The SMILES string of the molecule is C[Si](C)(C)CCOCn1ccc2c(Cl)c(I)cnc21. The van der Waals surface area contributed by atoms with E-state index in [2.05, 4.69) is 47.2 Å². The molecule has 0 radical (unpaired) electrons. The van der Waals surface area contributed by atoms with E-state index < -0.39 is 8.07 Å². The largest absolute Gasteiger partial charge is 0.361 e. The maximum absolute atomic E-state index is 6.26. The summed E-state index contributed by atoms with van der Waals surface area (Å²) < 4.78 is 8.72. The third kappa shape index (κ3) is 3.93. The Kier molecular flexibility index (Phi) is 4.92. The minimum Gasteiger partial charge on any atom is -0.361 e. The van der Waals surface area contributed by atoms with Crippen molar-refractivity contribution >= 4 is 53.3 Å². The molecule has 0 saturated heterocycles. The molecule has 0 spiro atoms. The second-order valence-corrected chi connectivity index (χ2v) is 13.0. The molecule has 6 heteroatoms. The average molecular weight is 409 g/mol. The second-order valence-electron chi connectivity index (χ2n) is 5.79. The van der Waals surface area contributed by atoms with Gasteiger partial charge in [0.25, 0.3) is 0 Å². The van der Waals surface area contributed by atoms with Gasteiger partial charge in [0, 0.05) is 32.5 Å². The summed E-state index contributed by atoms with van der Waals surface area (Å²) in [5, 5.41) is 1.76. The van der Waals surface area contributed by atoms with Gasteiger partial charge in [-0.25, -0.2) is 4.98 Å². The Labute approximate surface area is 133 Å². The molecule has 2 aromatic heterocycles. The van der Waals surface area contributed by atoms with E-state index in [0.717, 1.165) is 26.2 Å². The second kappa shape index (κ2) is 6.11. The first kappa shape index (κ1) is 15.3. The highest BCUT2D eigenvalue weighted by Crippen LogP contribution is 2.27. The number of ether oxygens (including phenoxy) is 1. The first-order valence-electron chi connectivity index (χ1n) is 6.25. The molecule has 0 aliphatic carbocycles. The predicted molar refractivity (Wildman–Crippen MR) is 91.6 cm³/mol. The zero-order valence-electron chi connectivity index (χ0n) is 11.4. The predicted octanol–water partition coefficient (Wildman–Crippen LogP) is 4.61. The third-order valence-electron chi connectivity index (χ3n) is 2.91. The van der Waals surface area contributed by atoms with Gasteiger partial charge >= 0.3 is 0 Å². The van der Waals surface area contributed by atoms with Gasteiger partial charge in [-0.3, -0.25) is 0 Å². The van der Waals surface area contributed by atoms with Crippen molar-refractivity contribution in [3.63, 3.8) is 0 Å². The van der Waals surface area contributed by atoms with Gasteiger partial charge in [0.2, 0.25) is 0 Å². The van der Waals surface area contributed by atoms with Crippen LogP contribution in [0.15, 0.2) is 18.5 Å². The van der Waals surface area contributed by atoms with Crippen molar-refractivity contribution in [3.05, 3.63) is 27.1 Å². The van der Waals surface area contributed by atoms with Crippen molar-refractivity contribution in [2.24, 2.45) is 0 Å². The fraction of sp³-hybridized carbons (Fsp3) is 0.462. The molecule has 0 aliphatic rings. The van der Waals surface area contributed by atoms with Crippen LogP contribution in [0.2, 0.25) is 30.7 Å². The molecule has 0 N–H and O–H groups in total. The van der Waals surface area contributed by atoms with E-state index in [-0.39, 0.29) is 0 Å². The Hall–Kier alpha value is -0.113. The Balaban J connectivity index is 2.04. The lowest BCUT2D eigenvalue weighted by atomic mass is 10.3. The summed E-state index contributed by atoms with van der Waals surface area (Å²) in [4.78, 5) is 4.43. The Bertz CT molecular complexity index is 580. The number of hydrogen-bond donors (Lipinski definition) is 0. The van der Waals surface area contributed by atoms with Gasteiger partial charge in [-0.2, -0.15) is 0 Å². The summed E-state index contributed by atoms with van der Waals surface area (Å²) >= 11 is 8.46. The number of hydrogen-bond acceptors (Lipinski definition) is 2. The topological polar surface area (TPSA) is 27.1 Å². The van der Waals surface area contributed by atoms with Crippen molar-refractivity contribution in [2.75, 3.05) is 6.61 Å². The maximum atomic E-state index is 6.26. The maximum Gasteiger partial charge on any atom is 0.143 e. The van der Waals surface area contributed by atoms with E-state index in [9.17, 15) is 0 Å². The van der Waals surface area contributed by atoms with E-state index in [1.165, 1.54) is 6.04 Å². The van der Waals surface area contributed by atoms with Crippen molar-refractivity contribution in [1.82, 2.24) is 9.55 Å². The molecule has 104 valence electrons. The lowest BCUT2D eigenvalue weighted by Gasteiger charge is -2.15. The van der Waals surface area contributed by atoms with Gasteiger partial charge in [0.1, 0.15) is 12.4 Å². The first-order valence-corrected chi connectivity index (χ1v) is 11.4. The lowest BCUT2D eigenvalue weighted by Crippen LogP contribution is -2.22. The highest BCUT2D eigenvalue weighted by Gasteiger charge is 2.13. The van der Waals surface area contributed by atoms with Crippen molar-refractivity contribution in [2.45, 2.75) is 32.4 Å². The van der Waals surface area contributed by atoms with Crippen LogP contribution in [0.4, 0.5) is 0 Å². The van der Waals surface area contributed by atoms with E-state index in [1.54, 1.807) is 6.20 Å². The standard InChI is InChI=1S/C13H18ClIN2OSi/c1-19(2,3)7-6-18-9-17-5-4-10-12(14)11(15)8-16-13(10)17/h4-5,8H,6-7,9H2,1-3H3. The van der Waals surface area contributed by atoms with Crippen molar-refractivity contribution in [1.29, 1.82) is 0 Å². The minimum atomic E-state index is -1.02. The number of nitrogens with zero attached hydrogens (tertiary/aromatic N) is 2. The number of pyridine rings is 1. The van der Waals surface area contributed by atoms with Gasteiger partial charge in [-0.1, -0.05) is 31.2 Å². The summed E-state index contributed by atoms with van der Waals surface area (Å²) in [7, 11) is -1.02. The molecule has 2 heterocycles. The van der Waals surface area contributed by atoms with Crippen molar-refractivity contribution in [3.8, 4) is 0 Å². The van der Waals surface area contributed by atoms with Gasteiger partial charge in [0.15, 0.2) is 0 Å². The van der Waals surface area contributed by atoms with Crippen LogP contribution < -0.4 is 0 Å². The van der Waals surface area contributed by atoms with Gasteiger partial charge in [-0.05, 0) is 34.7 Å². The molecule has 0 atom stereocenters. The summed E-state index contributed by atoms with van der Waals surface area (Å²) in [5.41, 5.74) is 0.887. The molecule has 3 nitrogen and oxygen atoms in total. The van der Waals surface area contributed by atoms with Gasteiger partial charge in [0.05, 0.1) is 8.59 Å². The zero-order chi connectivity index (χ0) is 14.0. The minimum absolute atomic E-state index is 0.540. The molecule has 0 saturated carbocycles. The fourth-order valence-corrected chi connectivity index (χ4v) is 3.11. The molecule has 19 heavy (non-hydrogen) atoms. The smallest absolute Gasteiger partial charge is 0.143 e. The van der Waals surface area contributed by atoms with Crippen LogP contribution in [0.3, 0.4) is 0 Å². The first-order chi connectivity index (χ1) is 8.88. The van der Waals surface area contributed by atoms with Crippen LogP contribution in [0, 0.1) is 3.57 Å². The monoisotopic (exact) mass is 408 g/mol. The van der Waals surface area contributed by atoms with E-state index in [4.69, 9.17) is 16.3 Å². The van der Waals surface area contributed by atoms with Gasteiger partial charge < -0.3 is 9.30 Å². The highest BCUT2D eigenvalue weighted by atomic mass is 127. The number of fused-ring (bicyclic) bond motifs is 1. The molecule has 0 aliphatic heterocycles. The number of rotatable bonds is 5. The molecule has 0 bridgehead atoms. The molecular formula is C13H18ClIN2OSi. The van der Waals surface area contributed by atoms with Crippen LogP contribution >= 0.6 is 34.2 Å². The summed E-state index contributed by atoms with van der Waals surface area (Å²) in [6.07, 6.45) is 3.78. The fourth-order valence-electron chi connectivity index (χ4n) is 1.73. The summed E-state index contributed by atoms with van der Waals surface area (Å²) in [5.74, 6) is 0. The average Bonchev–Trinajstić information content (AvgIpc) is 2.72. The summed E-state index contributed by atoms with van der Waals surface area (Å²) in [6, 6.07) is 3.17. The van der Waals surface area contributed by atoms with Crippen molar-refractivity contribution < 1.29 is 4.74 Å². The zero-order valence-corrected chi connectivity index (χ0v) is 15.3. The van der Waals surface area contributed by atoms with Crippen LogP contribution in [-0.4, -0.2) is 24.2 Å². The number of aromatic nitrogens is 2. The Morgan fingerprint density at radius 2 is 2.16 bits per heavy atom. The Morgan fingerprint density at radius 1 is 1.42 bits per heavy atom. The van der Waals surface area contributed by atoms with Gasteiger partial charge in [-0.15, -0.1) is 0 Å².